The van der Waals surface area contributed by atoms with E-state index in [1.54, 1.807) is 0 Å². The Labute approximate surface area is 147 Å². The van der Waals surface area contributed by atoms with E-state index in [-0.39, 0.29) is 0 Å². The molecule has 0 aliphatic rings. The normalized spacial score (nSPS) is 11.2. The number of benzene rings is 3. The molecule has 0 saturated carbocycles. The second-order valence-corrected chi connectivity index (χ2v) is 5.66. The van der Waals surface area contributed by atoms with Crippen molar-refractivity contribution < 1.29 is 4.74 Å². The van der Waals surface area contributed by atoms with Gasteiger partial charge in [0.15, 0.2) is 0 Å². The molecule has 0 saturated heterocycles. The van der Waals surface area contributed by atoms with Crippen LogP contribution in [0.15, 0.2) is 89.2 Å². The first-order chi connectivity index (χ1) is 12.3. The zero-order valence-electron chi connectivity index (χ0n) is 14.0. The van der Waals surface area contributed by atoms with Gasteiger partial charge in [-0.25, -0.2) is 0 Å². The maximum absolute atomic E-state index is 6.82. The molecular weight excluding hydrogens is 310 g/mol. The lowest BCUT2D eigenvalue weighted by molar-refractivity contribution is 0.306. The van der Waals surface area contributed by atoms with Gasteiger partial charge in [-0.1, -0.05) is 72.0 Å². The summed E-state index contributed by atoms with van der Waals surface area (Å²) in [6, 6.07) is 26.3. The van der Waals surface area contributed by atoms with Crippen LogP contribution in [-0.4, -0.2) is 5.71 Å². The molecule has 0 heterocycles. The summed E-state index contributed by atoms with van der Waals surface area (Å²) in [6.07, 6.45) is 0. The molecular formula is C21H19N3O. The van der Waals surface area contributed by atoms with Crippen LogP contribution in [0.25, 0.3) is 11.1 Å². The number of rotatable bonds is 6. The van der Waals surface area contributed by atoms with Crippen molar-refractivity contribution in [2.24, 2.45) is 10.3 Å². The molecule has 0 atom stereocenters. The van der Waals surface area contributed by atoms with Crippen LogP contribution in [0.4, 0.5) is 0 Å². The lowest BCUT2D eigenvalue weighted by atomic mass is 10.0. The fourth-order valence-electron chi connectivity index (χ4n) is 2.53. The van der Waals surface area contributed by atoms with Gasteiger partial charge in [-0.3, -0.25) is 0 Å². The number of hydrogen-bond acceptors (Lipinski definition) is 3. The molecule has 0 amide bonds. The molecule has 1 N–H and O–H groups in total. The molecule has 3 rings (SSSR count). The molecule has 0 aromatic heterocycles. The minimum atomic E-state index is 0.498. The van der Waals surface area contributed by atoms with Crippen molar-refractivity contribution in [1.82, 2.24) is 0 Å². The van der Waals surface area contributed by atoms with Crippen molar-refractivity contribution in [2.45, 2.75) is 13.5 Å². The summed E-state index contributed by atoms with van der Waals surface area (Å²) in [5, 5.41) is 6.81. The van der Waals surface area contributed by atoms with Gasteiger partial charge >= 0.3 is 0 Å². The topological polar surface area (TPSA) is 57.8 Å². The monoisotopic (exact) mass is 329 g/mol. The average Bonchev–Trinajstić information content (AvgIpc) is 2.68. The Morgan fingerprint density at radius 3 is 2.32 bits per heavy atom. The summed E-state index contributed by atoms with van der Waals surface area (Å²) in [7, 11) is 0. The minimum absolute atomic E-state index is 0.498. The van der Waals surface area contributed by atoms with E-state index in [0.29, 0.717) is 12.3 Å². The predicted octanol–water partition coefficient (Wildman–Crippen LogP) is 5.69. The molecule has 0 fully saturated rings. The van der Waals surface area contributed by atoms with Gasteiger partial charge < -0.3 is 4.74 Å². The number of nitrogens with zero attached hydrogens (tertiary/aromatic N) is 2. The van der Waals surface area contributed by atoms with Crippen molar-refractivity contribution in [3.05, 3.63) is 90.0 Å². The van der Waals surface area contributed by atoms with Gasteiger partial charge in [0.05, 0.1) is 5.71 Å². The average molecular weight is 329 g/mol. The van der Waals surface area contributed by atoms with Gasteiger partial charge in [0.2, 0.25) is 0 Å². The van der Waals surface area contributed by atoms with E-state index in [1.165, 1.54) is 11.1 Å². The van der Waals surface area contributed by atoms with Crippen LogP contribution in [-0.2, 0) is 6.61 Å². The van der Waals surface area contributed by atoms with Crippen LogP contribution in [0.1, 0.15) is 18.1 Å². The van der Waals surface area contributed by atoms with Crippen molar-refractivity contribution >= 4 is 5.71 Å². The van der Waals surface area contributed by atoms with E-state index in [2.05, 4.69) is 46.7 Å². The molecule has 4 heteroatoms. The van der Waals surface area contributed by atoms with Crippen LogP contribution >= 0.6 is 0 Å². The Morgan fingerprint density at radius 1 is 0.880 bits per heavy atom. The predicted molar refractivity (Wildman–Crippen MR) is 100 cm³/mol. The molecule has 124 valence electrons. The Kier molecular flexibility index (Phi) is 5.32. The van der Waals surface area contributed by atoms with E-state index in [1.807, 2.05) is 49.4 Å². The van der Waals surface area contributed by atoms with Crippen LogP contribution in [0.5, 0.6) is 5.75 Å². The lowest BCUT2D eigenvalue weighted by Gasteiger charge is -2.09. The summed E-state index contributed by atoms with van der Waals surface area (Å²) < 4.78 is 5.87. The smallest absolute Gasteiger partial charge is 0.120 e. The van der Waals surface area contributed by atoms with E-state index in [4.69, 9.17) is 10.3 Å². The third-order valence-electron chi connectivity index (χ3n) is 3.92. The number of nitrogens with one attached hydrogen (secondary N) is 1. The van der Waals surface area contributed by atoms with Gasteiger partial charge in [-0.05, 0) is 35.7 Å². The maximum Gasteiger partial charge on any atom is 0.120 e. The summed E-state index contributed by atoms with van der Waals surface area (Å²) in [6.45, 7) is 2.32. The summed E-state index contributed by atoms with van der Waals surface area (Å²) >= 11 is 0. The first-order valence-electron chi connectivity index (χ1n) is 8.05. The quantitative estimate of drug-likeness (QED) is 0.352. The molecule has 0 bridgehead atoms. The van der Waals surface area contributed by atoms with E-state index in [9.17, 15) is 0 Å². The molecule has 0 aliphatic heterocycles. The van der Waals surface area contributed by atoms with Crippen molar-refractivity contribution in [3.63, 3.8) is 0 Å². The highest BCUT2D eigenvalue weighted by atomic mass is 16.5. The van der Waals surface area contributed by atoms with Gasteiger partial charge in [0.1, 0.15) is 12.4 Å². The SMILES string of the molecule is C/C(=N\N=N)c1cccc(OCc2ccc(-c3ccccc3)cc2)c1. The largest absolute Gasteiger partial charge is 0.489 e. The molecule has 0 aliphatic carbocycles. The highest BCUT2D eigenvalue weighted by molar-refractivity contribution is 5.98. The molecule has 0 radical (unpaired) electrons. The van der Waals surface area contributed by atoms with Crippen molar-refractivity contribution in [3.8, 4) is 16.9 Å². The number of hydrogen-bond donors (Lipinski definition) is 1. The van der Waals surface area contributed by atoms with E-state index >= 15 is 0 Å². The van der Waals surface area contributed by atoms with Crippen molar-refractivity contribution in [2.75, 3.05) is 0 Å². The van der Waals surface area contributed by atoms with Gasteiger partial charge in [0.25, 0.3) is 0 Å². The molecule has 0 spiro atoms. The first-order valence-corrected chi connectivity index (χ1v) is 8.05. The fourth-order valence-corrected chi connectivity index (χ4v) is 2.53. The zero-order valence-corrected chi connectivity index (χ0v) is 14.0. The molecule has 3 aromatic carbocycles. The second kappa shape index (κ2) is 8.02. The third kappa shape index (κ3) is 4.38. The maximum atomic E-state index is 6.82. The zero-order chi connectivity index (χ0) is 17.5. The Morgan fingerprint density at radius 2 is 1.60 bits per heavy atom. The Hall–Kier alpha value is -3.27. The van der Waals surface area contributed by atoms with E-state index in [0.717, 1.165) is 16.9 Å². The molecule has 3 aromatic rings. The Bertz CT molecular complexity index is 871. The fraction of sp³-hybridized carbons (Fsp3) is 0.0952. The highest BCUT2D eigenvalue weighted by Gasteiger charge is 2.02. The van der Waals surface area contributed by atoms with Crippen LogP contribution < -0.4 is 4.74 Å². The van der Waals surface area contributed by atoms with Gasteiger partial charge in [-0.2, -0.15) is 5.53 Å². The third-order valence-corrected chi connectivity index (χ3v) is 3.92. The number of ether oxygens (including phenoxy) is 1. The Balaban J connectivity index is 1.67. The van der Waals surface area contributed by atoms with E-state index < -0.39 is 0 Å². The lowest BCUT2D eigenvalue weighted by Crippen LogP contribution is -1.98. The second-order valence-electron chi connectivity index (χ2n) is 5.66. The molecule has 0 unspecified atom stereocenters. The summed E-state index contributed by atoms with van der Waals surface area (Å²) in [4.78, 5) is 0. The standard InChI is InChI=1S/C21H19N3O/c1-16(23-24-22)20-8-5-9-21(14-20)25-15-17-10-12-19(13-11-17)18-6-3-2-4-7-18/h2-14,22H,15H2,1H3/b23-16+,24-22?. The van der Waals surface area contributed by atoms with Gasteiger partial charge in [-0.15, -0.1) is 5.10 Å². The van der Waals surface area contributed by atoms with Gasteiger partial charge in [0, 0.05) is 5.56 Å². The molecule has 25 heavy (non-hydrogen) atoms. The first kappa shape index (κ1) is 16.6. The van der Waals surface area contributed by atoms with Crippen LogP contribution in [0, 0.1) is 5.53 Å². The summed E-state index contributed by atoms with van der Waals surface area (Å²) in [5.74, 6) is 0.768. The highest BCUT2D eigenvalue weighted by Crippen LogP contribution is 2.20. The summed E-state index contributed by atoms with van der Waals surface area (Å²) in [5.41, 5.74) is 11.9. The minimum Gasteiger partial charge on any atom is -0.489 e. The van der Waals surface area contributed by atoms with Crippen LogP contribution in [0.2, 0.25) is 0 Å². The van der Waals surface area contributed by atoms with Crippen molar-refractivity contribution in [1.29, 1.82) is 5.53 Å². The molecule has 4 nitrogen and oxygen atoms in total. The van der Waals surface area contributed by atoms with Crippen LogP contribution in [0.3, 0.4) is 0 Å².